The number of rotatable bonds is 10. The largest absolute Gasteiger partial charge is 0.474 e. The van der Waals surface area contributed by atoms with E-state index >= 15 is 4.39 Å². The van der Waals surface area contributed by atoms with Crippen LogP contribution in [0.4, 0.5) is 15.9 Å². The molecule has 41 heavy (non-hydrogen) atoms. The quantitative estimate of drug-likeness (QED) is 0.268. The smallest absolute Gasteiger partial charge is 0.223 e. The lowest BCUT2D eigenvalue weighted by Gasteiger charge is -2.32. The first-order chi connectivity index (χ1) is 19.8. The number of hydrogen-bond acceptors (Lipinski definition) is 10. The second kappa shape index (κ2) is 12.8. The van der Waals surface area contributed by atoms with Crippen LogP contribution < -0.4 is 15.8 Å². The lowest BCUT2D eigenvalue weighted by atomic mass is 10.1. The van der Waals surface area contributed by atoms with Gasteiger partial charge >= 0.3 is 0 Å². The number of hydrogen-bond donors (Lipinski definition) is 2. The van der Waals surface area contributed by atoms with Crippen molar-refractivity contribution in [2.75, 3.05) is 50.8 Å². The highest BCUT2D eigenvalue weighted by Gasteiger charge is 2.19. The Balaban J connectivity index is 1.24. The SMILES string of the molecule is C[C@@H](CCNc1cc(Cl)ncc1-c1ncc(CN2CCN(C)CC2)cc1F)Oc1c(-c2nccc(N)n2)cnn1C. The fourth-order valence-corrected chi connectivity index (χ4v) is 4.83. The van der Waals surface area contributed by atoms with E-state index in [1.807, 2.05) is 6.92 Å². The predicted molar refractivity (Wildman–Crippen MR) is 157 cm³/mol. The number of pyridine rings is 2. The Morgan fingerprint density at radius 2 is 1.88 bits per heavy atom. The van der Waals surface area contributed by atoms with Crippen LogP contribution in [0.1, 0.15) is 18.9 Å². The molecule has 0 radical (unpaired) electrons. The van der Waals surface area contributed by atoms with Gasteiger partial charge in [-0.2, -0.15) is 5.10 Å². The topological polar surface area (TPSA) is 123 Å². The van der Waals surface area contributed by atoms with E-state index in [9.17, 15) is 0 Å². The summed E-state index contributed by atoms with van der Waals surface area (Å²) < 4.78 is 23.2. The first-order valence-corrected chi connectivity index (χ1v) is 13.9. The molecule has 1 aliphatic heterocycles. The molecule has 5 heterocycles. The average Bonchev–Trinajstić information content (AvgIpc) is 3.30. The minimum atomic E-state index is -0.395. The molecule has 5 rings (SSSR count). The number of nitrogens with two attached hydrogens (primary N) is 1. The minimum absolute atomic E-state index is 0.192. The Kier molecular flexibility index (Phi) is 8.91. The van der Waals surface area contributed by atoms with Gasteiger partial charge < -0.3 is 20.7 Å². The maximum atomic E-state index is 15.3. The number of ether oxygens (including phenoxy) is 1. The van der Waals surface area contributed by atoms with Gasteiger partial charge in [-0.1, -0.05) is 11.6 Å². The van der Waals surface area contributed by atoms with Crippen molar-refractivity contribution < 1.29 is 9.13 Å². The number of piperazine rings is 1. The molecule has 11 nitrogen and oxygen atoms in total. The van der Waals surface area contributed by atoms with Crippen molar-refractivity contribution in [3.05, 3.63) is 59.5 Å². The molecule has 0 unspecified atom stereocenters. The van der Waals surface area contributed by atoms with Crippen LogP contribution in [-0.2, 0) is 13.6 Å². The Morgan fingerprint density at radius 1 is 1.07 bits per heavy atom. The van der Waals surface area contributed by atoms with Gasteiger partial charge in [0.15, 0.2) is 5.82 Å². The van der Waals surface area contributed by atoms with Crippen LogP contribution in [0.15, 0.2) is 43.0 Å². The molecule has 1 fully saturated rings. The zero-order chi connectivity index (χ0) is 28.9. The van der Waals surface area contributed by atoms with Gasteiger partial charge in [0.25, 0.3) is 0 Å². The van der Waals surface area contributed by atoms with Crippen molar-refractivity contribution in [2.45, 2.75) is 26.0 Å². The van der Waals surface area contributed by atoms with Gasteiger partial charge in [0.2, 0.25) is 5.88 Å². The number of nitrogens with zero attached hydrogens (tertiary/aromatic N) is 8. The molecule has 0 saturated carbocycles. The van der Waals surface area contributed by atoms with Crippen molar-refractivity contribution in [1.29, 1.82) is 0 Å². The summed E-state index contributed by atoms with van der Waals surface area (Å²) in [5.41, 5.74) is 8.73. The highest BCUT2D eigenvalue weighted by molar-refractivity contribution is 6.29. The second-order valence-corrected chi connectivity index (χ2v) is 10.6. The second-order valence-electron chi connectivity index (χ2n) is 10.2. The molecule has 0 spiro atoms. The van der Waals surface area contributed by atoms with Gasteiger partial charge in [-0.15, -0.1) is 0 Å². The van der Waals surface area contributed by atoms with Gasteiger partial charge in [0.05, 0.1) is 12.3 Å². The molecular formula is C28H34ClFN10O. The number of nitrogens with one attached hydrogen (secondary N) is 1. The van der Waals surface area contributed by atoms with Crippen molar-refractivity contribution in [3.63, 3.8) is 0 Å². The molecule has 4 aromatic heterocycles. The standard InChI is InChI=1S/C28H34ClFN10O/c1-18(41-28-21(16-36-39(28)3)27-33-7-5-25(31)37-27)4-6-32-23-13-24(29)34-15-20(23)26-22(30)12-19(14-35-26)17-40-10-8-38(2)9-11-40/h5,7,12-16,18H,4,6,8-11,17H2,1-3H3,(H,32,34)(H2,31,33,37)/t18-/m0/s1. The first kappa shape index (κ1) is 28.7. The van der Waals surface area contributed by atoms with Gasteiger partial charge in [0.1, 0.15) is 28.0 Å². The van der Waals surface area contributed by atoms with Crippen LogP contribution >= 0.6 is 11.6 Å². The third-order valence-electron chi connectivity index (χ3n) is 7.01. The van der Waals surface area contributed by atoms with E-state index in [2.05, 4.69) is 47.2 Å². The maximum Gasteiger partial charge on any atom is 0.223 e. The van der Waals surface area contributed by atoms with Crippen LogP contribution in [-0.4, -0.2) is 85.4 Å². The monoisotopic (exact) mass is 580 g/mol. The Morgan fingerprint density at radius 3 is 2.63 bits per heavy atom. The maximum absolute atomic E-state index is 15.3. The molecular weight excluding hydrogens is 547 g/mol. The van der Waals surface area contributed by atoms with Gasteiger partial charge in [0, 0.05) is 82.6 Å². The van der Waals surface area contributed by atoms with Crippen LogP contribution in [0, 0.1) is 5.82 Å². The third-order valence-corrected chi connectivity index (χ3v) is 7.21. The fraction of sp³-hybridized carbons (Fsp3) is 0.393. The van der Waals surface area contributed by atoms with Crippen molar-refractivity contribution in [3.8, 4) is 28.5 Å². The lowest BCUT2D eigenvalue weighted by molar-refractivity contribution is 0.148. The number of anilines is 2. The van der Waals surface area contributed by atoms with Crippen LogP contribution in [0.2, 0.25) is 5.15 Å². The van der Waals surface area contributed by atoms with Crippen LogP contribution in [0.25, 0.3) is 22.6 Å². The van der Waals surface area contributed by atoms with E-state index in [4.69, 9.17) is 22.1 Å². The summed E-state index contributed by atoms with van der Waals surface area (Å²) >= 11 is 6.20. The van der Waals surface area contributed by atoms with Crippen molar-refractivity contribution in [2.24, 2.45) is 7.05 Å². The number of likely N-dealkylation sites (N-methyl/N-ethyl adjacent to an activating group) is 1. The predicted octanol–water partition coefficient (Wildman–Crippen LogP) is 3.73. The molecule has 0 amide bonds. The van der Waals surface area contributed by atoms with E-state index in [0.29, 0.717) is 59.0 Å². The van der Waals surface area contributed by atoms with E-state index in [1.54, 1.807) is 54.7 Å². The average molecular weight is 581 g/mol. The summed E-state index contributed by atoms with van der Waals surface area (Å²) in [7, 11) is 3.90. The fourth-order valence-electron chi connectivity index (χ4n) is 4.67. The molecule has 0 aliphatic carbocycles. The number of aromatic nitrogens is 6. The zero-order valence-electron chi connectivity index (χ0n) is 23.4. The van der Waals surface area contributed by atoms with Crippen LogP contribution in [0.5, 0.6) is 5.88 Å². The number of halogens is 2. The highest BCUT2D eigenvalue weighted by atomic mass is 35.5. The van der Waals surface area contributed by atoms with Gasteiger partial charge in [-0.05, 0) is 37.7 Å². The van der Waals surface area contributed by atoms with Gasteiger partial charge in [-0.25, -0.2) is 24.0 Å². The molecule has 0 bridgehead atoms. The van der Waals surface area contributed by atoms with Crippen molar-refractivity contribution in [1.82, 2.24) is 39.5 Å². The molecule has 1 atom stereocenters. The summed E-state index contributed by atoms with van der Waals surface area (Å²) in [4.78, 5) is 21.8. The van der Waals surface area contributed by atoms with Crippen LogP contribution in [0.3, 0.4) is 0 Å². The molecule has 1 aliphatic rings. The first-order valence-electron chi connectivity index (χ1n) is 13.5. The Bertz CT molecular complexity index is 1490. The number of nitrogen functional groups attached to an aromatic ring is 1. The highest BCUT2D eigenvalue weighted by Crippen LogP contribution is 2.31. The zero-order valence-corrected chi connectivity index (χ0v) is 24.1. The molecule has 1 saturated heterocycles. The summed E-state index contributed by atoms with van der Waals surface area (Å²) in [5, 5.41) is 7.95. The third kappa shape index (κ3) is 7.07. The Hall–Kier alpha value is -3.87. The summed E-state index contributed by atoms with van der Waals surface area (Å²) in [5.74, 6) is 0.953. The van der Waals surface area contributed by atoms with E-state index in [0.717, 1.165) is 31.7 Å². The minimum Gasteiger partial charge on any atom is -0.474 e. The summed E-state index contributed by atoms with van der Waals surface area (Å²) in [6.07, 6.45) is 6.96. The van der Waals surface area contributed by atoms with Crippen molar-refractivity contribution >= 4 is 23.1 Å². The lowest BCUT2D eigenvalue weighted by Crippen LogP contribution is -2.43. The van der Waals surface area contributed by atoms with E-state index < -0.39 is 5.82 Å². The summed E-state index contributed by atoms with van der Waals surface area (Å²) in [6, 6.07) is 4.86. The Labute approximate surface area is 243 Å². The summed E-state index contributed by atoms with van der Waals surface area (Å²) in [6.45, 7) is 7.06. The normalized spacial score (nSPS) is 15.1. The molecule has 216 valence electrons. The van der Waals surface area contributed by atoms with E-state index in [1.165, 1.54) is 0 Å². The molecule has 13 heteroatoms. The molecule has 3 N–H and O–H groups in total. The molecule has 4 aromatic rings. The number of aryl methyl sites for hydroxylation is 1. The van der Waals surface area contributed by atoms with Gasteiger partial charge in [-0.3, -0.25) is 9.88 Å². The van der Waals surface area contributed by atoms with E-state index in [-0.39, 0.29) is 11.8 Å². The molecule has 0 aromatic carbocycles.